The summed E-state index contributed by atoms with van der Waals surface area (Å²) in [5, 5.41) is 6.28. The van der Waals surface area contributed by atoms with Gasteiger partial charge in [-0.15, -0.1) is 0 Å². The van der Waals surface area contributed by atoms with Crippen molar-refractivity contribution in [1.82, 2.24) is 19.8 Å². The molecular formula is C15H18N4O4S. The van der Waals surface area contributed by atoms with Gasteiger partial charge in [0.2, 0.25) is 15.8 Å². The van der Waals surface area contributed by atoms with Crippen LogP contribution in [-0.2, 0) is 10.0 Å². The van der Waals surface area contributed by atoms with Crippen molar-refractivity contribution < 1.29 is 17.7 Å². The van der Waals surface area contributed by atoms with Crippen LogP contribution in [0.4, 0.5) is 0 Å². The number of rotatable bonds is 5. The monoisotopic (exact) mass is 350 g/mol. The van der Waals surface area contributed by atoms with Crippen LogP contribution in [0.1, 0.15) is 23.4 Å². The van der Waals surface area contributed by atoms with Crippen molar-refractivity contribution >= 4 is 15.9 Å². The molecule has 0 aromatic carbocycles. The van der Waals surface area contributed by atoms with Gasteiger partial charge in [-0.3, -0.25) is 9.78 Å². The van der Waals surface area contributed by atoms with Crippen LogP contribution >= 0.6 is 0 Å². The van der Waals surface area contributed by atoms with E-state index in [0.717, 1.165) is 0 Å². The van der Waals surface area contributed by atoms with Gasteiger partial charge in [0.1, 0.15) is 4.90 Å². The highest BCUT2D eigenvalue weighted by atomic mass is 32.2. The molecule has 2 aromatic heterocycles. The van der Waals surface area contributed by atoms with Gasteiger partial charge in [0.25, 0.3) is 5.91 Å². The van der Waals surface area contributed by atoms with Gasteiger partial charge in [-0.2, -0.15) is 4.31 Å². The maximum atomic E-state index is 12.5. The van der Waals surface area contributed by atoms with Gasteiger partial charge < -0.3 is 9.84 Å². The second-order valence-corrected chi connectivity index (χ2v) is 7.56. The van der Waals surface area contributed by atoms with E-state index in [0.29, 0.717) is 32.5 Å². The van der Waals surface area contributed by atoms with Gasteiger partial charge >= 0.3 is 0 Å². The van der Waals surface area contributed by atoms with E-state index in [1.54, 1.807) is 18.3 Å². The molecule has 0 saturated carbocycles. The van der Waals surface area contributed by atoms with Crippen molar-refractivity contribution in [2.45, 2.75) is 17.7 Å². The standard InChI is InChI=1S/C15H18N4O4S/c20-15(14-3-7-18-23-14)17-10-12-4-8-19(9-5-12)24(21,22)13-2-1-6-16-11-13/h1-3,6-7,11-12H,4-5,8-10H2,(H,17,20). The van der Waals surface area contributed by atoms with E-state index < -0.39 is 10.0 Å². The Kier molecular flexibility index (Phi) is 4.91. The van der Waals surface area contributed by atoms with Crippen LogP contribution in [0.5, 0.6) is 0 Å². The lowest BCUT2D eigenvalue weighted by atomic mass is 9.98. The van der Waals surface area contributed by atoms with Crippen LogP contribution in [-0.4, -0.2) is 48.4 Å². The van der Waals surface area contributed by atoms with E-state index in [9.17, 15) is 13.2 Å². The summed E-state index contributed by atoms with van der Waals surface area (Å²) in [4.78, 5) is 15.9. The minimum absolute atomic E-state index is 0.173. The Labute approximate surface area is 139 Å². The lowest BCUT2D eigenvalue weighted by molar-refractivity contribution is 0.0904. The van der Waals surface area contributed by atoms with E-state index in [1.807, 2.05) is 0 Å². The van der Waals surface area contributed by atoms with Crippen molar-refractivity contribution in [3.05, 3.63) is 42.5 Å². The number of amides is 1. The molecule has 0 spiro atoms. The fraction of sp³-hybridized carbons (Fsp3) is 0.400. The normalized spacial score (nSPS) is 16.8. The van der Waals surface area contributed by atoms with Crippen molar-refractivity contribution in [3.8, 4) is 0 Å². The summed E-state index contributed by atoms with van der Waals surface area (Å²) in [6, 6.07) is 4.66. The second-order valence-electron chi connectivity index (χ2n) is 5.62. The molecule has 0 atom stereocenters. The smallest absolute Gasteiger partial charge is 0.289 e. The summed E-state index contributed by atoms with van der Waals surface area (Å²) in [6.07, 6.45) is 5.70. The average Bonchev–Trinajstić information content (AvgIpc) is 3.15. The summed E-state index contributed by atoms with van der Waals surface area (Å²) in [6.45, 7) is 1.35. The van der Waals surface area contributed by atoms with E-state index in [-0.39, 0.29) is 22.5 Å². The largest absolute Gasteiger partial charge is 0.351 e. The highest BCUT2D eigenvalue weighted by Crippen LogP contribution is 2.23. The highest BCUT2D eigenvalue weighted by molar-refractivity contribution is 7.89. The van der Waals surface area contributed by atoms with Crippen molar-refractivity contribution in [2.24, 2.45) is 5.92 Å². The Hall–Kier alpha value is -2.26. The number of nitrogens with one attached hydrogen (secondary N) is 1. The Bertz CT molecular complexity index is 769. The number of sulfonamides is 1. The molecule has 128 valence electrons. The third kappa shape index (κ3) is 3.62. The molecule has 0 aliphatic carbocycles. The van der Waals surface area contributed by atoms with Gasteiger partial charge in [-0.05, 0) is 30.9 Å². The van der Waals surface area contributed by atoms with E-state index in [4.69, 9.17) is 4.52 Å². The molecule has 1 amide bonds. The fourth-order valence-electron chi connectivity index (χ4n) is 2.66. The maximum absolute atomic E-state index is 12.5. The molecule has 1 fully saturated rings. The minimum atomic E-state index is -3.49. The molecule has 8 nitrogen and oxygen atoms in total. The van der Waals surface area contributed by atoms with Crippen LogP contribution < -0.4 is 5.32 Å². The van der Waals surface area contributed by atoms with Crippen LogP contribution in [0.2, 0.25) is 0 Å². The van der Waals surface area contributed by atoms with Gasteiger partial charge in [-0.1, -0.05) is 5.16 Å². The van der Waals surface area contributed by atoms with E-state index >= 15 is 0 Å². The molecule has 1 N–H and O–H groups in total. The molecule has 0 unspecified atom stereocenters. The molecule has 9 heteroatoms. The quantitative estimate of drug-likeness (QED) is 0.859. The first-order valence-corrected chi connectivity index (χ1v) is 9.10. The molecule has 1 aliphatic rings. The molecule has 0 bridgehead atoms. The summed E-state index contributed by atoms with van der Waals surface area (Å²) >= 11 is 0. The molecule has 0 radical (unpaired) electrons. The van der Waals surface area contributed by atoms with E-state index in [1.165, 1.54) is 22.8 Å². The number of aromatic nitrogens is 2. The van der Waals surface area contributed by atoms with Crippen molar-refractivity contribution in [1.29, 1.82) is 0 Å². The summed E-state index contributed by atoms with van der Waals surface area (Å²) in [5.41, 5.74) is 0. The number of nitrogens with zero attached hydrogens (tertiary/aromatic N) is 3. The summed E-state index contributed by atoms with van der Waals surface area (Å²) in [5.74, 6) is 0.0988. The Morgan fingerprint density at radius 3 is 2.71 bits per heavy atom. The number of hydrogen-bond acceptors (Lipinski definition) is 6. The number of carbonyl (C=O) groups is 1. The lowest BCUT2D eigenvalue weighted by Crippen LogP contribution is -2.41. The molecule has 2 aromatic rings. The van der Waals surface area contributed by atoms with Crippen LogP contribution in [0.3, 0.4) is 0 Å². The average molecular weight is 350 g/mol. The van der Waals surface area contributed by atoms with Crippen LogP contribution in [0, 0.1) is 5.92 Å². The Balaban J connectivity index is 1.52. The highest BCUT2D eigenvalue weighted by Gasteiger charge is 2.29. The summed E-state index contributed by atoms with van der Waals surface area (Å²) < 4.78 is 31.3. The van der Waals surface area contributed by atoms with Crippen molar-refractivity contribution in [3.63, 3.8) is 0 Å². The number of carbonyl (C=O) groups excluding carboxylic acids is 1. The van der Waals surface area contributed by atoms with Gasteiger partial charge in [0.05, 0.1) is 6.20 Å². The zero-order chi connectivity index (χ0) is 17.0. The second kappa shape index (κ2) is 7.10. The predicted octanol–water partition coefficient (Wildman–Crippen LogP) is 0.900. The molecule has 3 rings (SSSR count). The molecule has 24 heavy (non-hydrogen) atoms. The third-order valence-corrected chi connectivity index (χ3v) is 5.94. The Morgan fingerprint density at radius 2 is 2.08 bits per heavy atom. The summed E-state index contributed by atoms with van der Waals surface area (Å²) in [7, 11) is -3.49. The van der Waals surface area contributed by atoms with Crippen LogP contribution in [0.25, 0.3) is 0 Å². The zero-order valence-corrected chi connectivity index (χ0v) is 13.8. The molecular weight excluding hydrogens is 332 g/mol. The molecule has 3 heterocycles. The minimum Gasteiger partial charge on any atom is -0.351 e. The molecule has 1 aliphatic heterocycles. The van der Waals surface area contributed by atoms with Gasteiger partial charge in [0.15, 0.2) is 0 Å². The van der Waals surface area contributed by atoms with Crippen molar-refractivity contribution in [2.75, 3.05) is 19.6 Å². The van der Waals surface area contributed by atoms with Gasteiger partial charge in [0, 0.05) is 38.1 Å². The lowest BCUT2D eigenvalue weighted by Gasteiger charge is -2.31. The first kappa shape index (κ1) is 16.6. The maximum Gasteiger partial charge on any atom is 0.289 e. The first-order valence-electron chi connectivity index (χ1n) is 7.66. The Morgan fingerprint density at radius 1 is 1.29 bits per heavy atom. The topological polar surface area (TPSA) is 105 Å². The zero-order valence-electron chi connectivity index (χ0n) is 13.0. The number of piperidine rings is 1. The number of pyridine rings is 1. The third-order valence-electron chi connectivity index (χ3n) is 4.06. The molecule has 1 saturated heterocycles. The fourth-order valence-corrected chi connectivity index (χ4v) is 4.09. The predicted molar refractivity (Wildman–Crippen MR) is 84.6 cm³/mol. The van der Waals surface area contributed by atoms with Gasteiger partial charge in [-0.25, -0.2) is 8.42 Å². The van der Waals surface area contributed by atoms with Crippen LogP contribution in [0.15, 0.2) is 46.2 Å². The number of hydrogen-bond donors (Lipinski definition) is 1. The SMILES string of the molecule is O=C(NCC1CCN(S(=O)(=O)c2cccnc2)CC1)c1ccno1. The first-order chi connectivity index (χ1) is 11.6. The van der Waals surface area contributed by atoms with E-state index in [2.05, 4.69) is 15.5 Å².